The van der Waals surface area contributed by atoms with Gasteiger partial charge in [-0.15, -0.1) is 0 Å². The van der Waals surface area contributed by atoms with Gasteiger partial charge in [0.1, 0.15) is 6.54 Å². The molecule has 0 aromatic carbocycles. The van der Waals surface area contributed by atoms with Crippen LogP contribution in [0.25, 0.3) is 0 Å². The van der Waals surface area contributed by atoms with E-state index in [2.05, 4.69) is 14.1 Å². The van der Waals surface area contributed by atoms with Crippen LogP contribution in [-0.2, 0) is 0 Å². The van der Waals surface area contributed by atoms with Crippen molar-refractivity contribution in [2.75, 3.05) is 33.8 Å². The SMILES string of the molecule is C[N+](C)(CCO)CCC(N)N. The maximum atomic E-state index is 8.69. The third-order valence-electron chi connectivity index (χ3n) is 1.77. The quantitative estimate of drug-likeness (QED) is 0.347. The molecular weight excluding hydrogens is 142 g/mol. The van der Waals surface area contributed by atoms with Crippen LogP contribution >= 0.6 is 0 Å². The molecule has 0 aliphatic carbocycles. The second-order valence-corrected chi connectivity index (χ2v) is 3.56. The van der Waals surface area contributed by atoms with Crippen molar-refractivity contribution < 1.29 is 9.59 Å². The lowest BCUT2D eigenvalue weighted by Crippen LogP contribution is -2.46. The lowest BCUT2D eigenvalue weighted by atomic mass is 10.3. The summed E-state index contributed by atoms with van der Waals surface area (Å²) in [5, 5.41) is 8.69. The van der Waals surface area contributed by atoms with Gasteiger partial charge in [0.2, 0.25) is 0 Å². The van der Waals surface area contributed by atoms with E-state index in [4.69, 9.17) is 16.6 Å². The number of hydrogen-bond donors (Lipinski definition) is 3. The third kappa shape index (κ3) is 6.25. The summed E-state index contributed by atoms with van der Waals surface area (Å²) >= 11 is 0. The highest BCUT2D eigenvalue weighted by Crippen LogP contribution is 1.97. The molecule has 0 spiro atoms. The van der Waals surface area contributed by atoms with E-state index in [0.717, 1.165) is 24.0 Å². The molecule has 0 saturated carbocycles. The topological polar surface area (TPSA) is 72.3 Å². The summed E-state index contributed by atoms with van der Waals surface area (Å²) in [4.78, 5) is 0. The van der Waals surface area contributed by atoms with Gasteiger partial charge < -0.3 is 21.1 Å². The Morgan fingerprint density at radius 1 is 1.27 bits per heavy atom. The maximum Gasteiger partial charge on any atom is 0.102 e. The molecule has 0 aromatic rings. The second kappa shape index (κ2) is 4.66. The Kier molecular flexibility index (Phi) is 4.60. The number of aliphatic hydroxyl groups is 1. The van der Waals surface area contributed by atoms with E-state index in [1.807, 2.05) is 0 Å². The minimum absolute atomic E-state index is 0.215. The molecule has 0 amide bonds. The Balaban J connectivity index is 3.54. The Morgan fingerprint density at radius 3 is 2.18 bits per heavy atom. The van der Waals surface area contributed by atoms with Gasteiger partial charge in [0, 0.05) is 6.42 Å². The van der Waals surface area contributed by atoms with E-state index >= 15 is 0 Å². The van der Waals surface area contributed by atoms with E-state index in [9.17, 15) is 0 Å². The van der Waals surface area contributed by atoms with Crippen molar-refractivity contribution in [1.29, 1.82) is 0 Å². The Hall–Kier alpha value is -0.160. The van der Waals surface area contributed by atoms with Crippen LogP contribution in [0.2, 0.25) is 0 Å². The number of aliphatic hydroxyl groups excluding tert-OH is 1. The normalized spacial score (nSPS) is 12.5. The average Bonchev–Trinajstić information content (AvgIpc) is 1.84. The van der Waals surface area contributed by atoms with Gasteiger partial charge in [-0.25, -0.2) is 0 Å². The van der Waals surface area contributed by atoms with Gasteiger partial charge in [-0.3, -0.25) is 0 Å². The number of nitrogens with two attached hydrogens (primary N) is 2. The van der Waals surface area contributed by atoms with Crippen LogP contribution in [0.15, 0.2) is 0 Å². The molecule has 0 bridgehead atoms. The minimum atomic E-state index is -0.230. The van der Waals surface area contributed by atoms with E-state index in [1.165, 1.54) is 0 Å². The molecule has 5 N–H and O–H groups in total. The van der Waals surface area contributed by atoms with Crippen LogP contribution in [0.3, 0.4) is 0 Å². The molecule has 0 heterocycles. The fraction of sp³-hybridized carbons (Fsp3) is 1.00. The van der Waals surface area contributed by atoms with Crippen molar-refractivity contribution in [2.24, 2.45) is 11.5 Å². The number of hydrogen-bond acceptors (Lipinski definition) is 3. The van der Waals surface area contributed by atoms with Crippen LogP contribution < -0.4 is 11.5 Å². The zero-order chi connectivity index (χ0) is 8.91. The first-order valence-electron chi connectivity index (χ1n) is 3.92. The summed E-state index contributed by atoms with van der Waals surface area (Å²) in [5.41, 5.74) is 10.8. The van der Waals surface area contributed by atoms with Crippen molar-refractivity contribution in [3.63, 3.8) is 0 Å². The van der Waals surface area contributed by atoms with E-state index in [0.29, 0.717) is 0 Å². The molecule has 0 atom stereocenters. The highest BCUT2D eigenvalue weighted by Gasteiger charge is 2.13. The monoisotopic (exact) mass is 162 g/mol. The summed E-state index contributed by atoms with van der Waals surface area (Å²) in [6.07, 6.45) is 0.568. The van der Waals surface area contributed by atoms with Gasteiger partial charge in [-0.2, -0.15) is 0 Å². The van der Waals surface area contributed by atoms with Gasteiger partial charge in [-0.05, 0) is 0 Å². The Labute approximate surface area is 68.4 Å². The second-order valence-electron chi connectivity index (χ2n) is 3.56. The molecule has 0 radical (unpaired) electrons. The predicted molar refractivity (Wildman–Crippen MR) is 45.7 cm³/mol. The lowest BCUT2D eigenvalue weighted by molar-refractivity contribution is -0.890. The number of nitrogens with zero attached hydrogens (tertiary/aromatic N) is 1. The van der Waals surface area contributed by atoms with Crippen molar-refractivity contribution in [3.05, 3.63) is 0 Å². The standard InChI is InChI=1S/C7H20N3O/c1-10(2,5-6-11)4-3-7(8)9/h7,11H,3-6,8-9H2,1-2H3/q+1. The maximum absolute atomic E-state index is 8.69. The summed E-state index contributed by atoms with van der Waals surface area (Å²) in [6.45, 7) is 1.89. The van der Waals surface area contributed by atoms with Gasteiger partial charge in [0.05, 0.1) is 33.4 Å². The third-order valence-corrected chi connectivity index (χ3v) is 1.77. The summed E-state index contributed by atoms with van der Waals surface area (Å²) in [7, 11) is 4.11. The van der Waals surface area contributed by atoms with E-state index in [1.54, 1.807) is 0 Å². The minimum Gasteiger partial charge on any atom is -0.391 e. The fourth-order valence-electron chi connectivity index (χ4n) is 0.881. The fourth-order valence-corrected chi connectivity index (χ4v) is 0.881. The molecule has 0 aliphatic rings. The highest BCUT2D eigenvalue weighted by atomic mass is 16.3. The zero-order valence-corrected chi connectivity index (χ0v) is 7.45. The molecule has 0 aliphatic heterocycles. The van der Waals surface area contributed by atoms with Crippen molar-refractivity contribution in [1.82, 2.24) is 0 Å². The molecule has 68 valence electrons. The first-order chi connectivity index (χ1) is 4.98. The molecule has 0 rings (SSSR count). The van der Waals surface area contributed by atoms with Gasteiger partial charge in [-0.1, -0.05) is 0 Å². The molecule has 0 saturated heterocycles. The first kappa shape index (κ1) is 10.8. The smallest absolute Gasteiger partial charge is 0.102 e. The van der Waals surface area contributed by atoms with Gasteiger partial charge in [0.25, 0.3) is 0 Å². The predicted octanol–water partition coefficient (Wildman–Crippen LogP) is -1.31. The van der Waals surface area contributed by atoms with Crippen molar-refractivity contribution in [3.8, 4) is 0 Å². The average molecular weight is 162 g/mol. The molecule has 0 fully saturated rings. The number of likely N-dealkylation sites (N-methyl/N-ethyl adjacent to an activating group) is 1. The van der Waals surface area contributed by atoms with Gasteiger partial charge >= 0.3 is 0 Å². The number of rotatable bonds is 5. The molecule has 0 unspecified atom stereocenters. The van der Waals surface area contributed by atoms with Crippen LogP contribution in [0, 0.1) is 0 Å². The Bertz CT molecular complexity index is 104. The first-order valence-corrected chi connectivity index (χ1v) is 3.92. The van der Waals surface area contributed by atoms with E-state index < -0.39 is 0 Å². The highest BCUT2D eigenvalue weighted by molar-refractivity contribution is 4.49. The molecular formula is C7H20N3O+. The summed E-state index contributed by atoms with van der Waals surface area (Å²) < 4.78 is 0.779. The van der Waals surface area contributed by atoms with Crippen molar-refractivity contribution >= 4 is 0 Å². The largest absolute Gasteiger partial charge is 0.391 e. The van der Waals surface area contributed by atoms with Gasteiger partial charge in [0.15, 0.2) is 0 Å². The van der Waals surface area contributed by atoms with E-state index in [-0.39, 0.29) is 12.8 Å². The molecule has 11 heavy (non-hydrogen) atoms. The van der Waals surface area contributed by atoms with Crippen LogP contribution in [0.4, 0.5) is 0 Å². The van der Waals surface area contributed by atoms with Crippen molar-refractivity contribution in [2.45, 2.75) is 12.6 Å². The van der Waals surface area contributed by atoms with Crippen LogP contribution in [-0.4, -0.2) is 49.5 Å². The lowest BCUT2D eigenvalue weighted by Gasteiger charge is -2.29. The molecule has 0 aromatic heterocycles. The molecule has 4 nitrogen and oxygen atoms in total. The molecule has 4 heteroatoms. The zero-order valence-electron chi connectivity index (χ0n) is 7.45. The van der Waals surface area contributed by atoms with Crippen LogP contribution in [0.5, 0.6) is 0 Å². The Morgan fingerprint density at radius 2 is 1.82 bits per heavy atom. The number of quaternary nitrogens is 1. The van der Waals surface area contributed by atoms with Crippen LogP contribution in [0.1, 0.15) is 6.42 Å². The summed E-state index contributed by atoms with van der Waals surface area (Å²) in [5.74, 6) is 0. The summed E-state index contributed by atoms with van der Waals surface area (Å²) in [6, 6.07) is 0.